The van der Waals surface area contributed by atoms with Crippen LogP contribution >= 0.6 is 0 Å². The van der Waals surface area contributed by atoms with Crippen molar-refractivity contribution in [2.24, 2.45) is 0 Å². The number of ether oxygens (including phenoxy) is 1. The van der Waals surface area contributed by atoms with Crippen LogP contribution in [0.4, 0.5) is 5.69 Å². The molecule has 0 bridgehead atoms. The molecular weight excluding hydrogens is 394 g/mol. The summed E-state index contributed by atoms with van der Waals surface area (Å²) in [5, 5.41) is 3.36. The van der Waals surface area contributed by atoms with Gasteiger partial charge in [0.05, 0.1) is 5.92 Å². The van der Waals surface area contributed by atoms with Gasteiger partial charge in [-0.15, -0.1) is 0 Å². The van der Waals surface area contributed by atoms with Gasteiger partial charge in [0, 0.05) is 11.3 Å². The van der Waals surface area contributed by atoms with Crippen molar-refractivity contribution in [3.05, 3.63) is 93.5 Å². The van der Waals surface area contributed by atoms with E-state index < -0.39 is 5.92 Å². The van der Waals surface area contributed by atoms with E-state index in [1.807, 2.05) is 12.1 Å². The smallest absolute Gasteiger partial charge is 0.236 e. The van der Waals surface area contributed by atoms with Crippen molar-refractivity contribution in [2.45, 2.75) is 65.9 Å². The van der Waals surface area contributed by atoms with Crippen LogP contribution in [0.1, 0.15) is 84.4 Å². The fourth-order valence-electron chi connectivity index (χ4n) is 4.61. The van der Waals surface area contributed by atoms with Crippen LogP contribution in [0.15, 0.2) is 54.6 Å². The number of aryl methyl sites for hydroxylation is 2. The average Bonchev–Trinajstić information content (AvgIpc) is 2.90. The van der Waals surface area contributed by atoms with Gasteiger partial charge in [-0.05, 0) is 65.1 Å². The van der Waals surface area contributed by atoms with E-state index >= 15 is 0 Å². The van der Waals surface area contributed by atoms with Crippen LogP contribution in [0, 0.1) is 13.8 Å². The van der Waals surface area contributed by atoms with Crippen LogP contribution in [-0.4, -0.2) is 5.91 Å². The number of carbonyl (C=O) groups excluding carboxylic acids is 1. The largest absolute Gasteiger partial charge is 0.489 e. The highest BCUT2D eigenvalue weighted by Gasteiger charge is 2.32. The Hall–Kier alpha value is -3.07. The summed E-state index contributed by atoms with van der Waals surface area (Å²) in [6.45, 7) is 13.3. The number of hydrogen-bond donors (Lipinski definition) is 1. The standard InChI is InChI=1S/C29H33NO2/c1-17(2)22-12-9-13-23(18(3)4)28(22)30-29(31)27-24-11-8-7-10-21(24)16-32-26-15-20(6)19(5)14-25(26)27/h7-15,17-18,27H,16H2,1-6H3,(H,30,31). The average molecular weight is 428 g/mol. The molecular formula is C29H33NO2. The normalized spacial score (nSPS) is 15.1. The lowest BCUT2D eigenvalue weighted by Gasteiger charge is -2.24. The van der Waals surface area contributed by atoms with Gasteiger partial charge in [0.25, 0.3) is 0 Å². The van der Waals surface area contributed by atoms with E-state index in [0.717, 1.165) is 33.7 Å². The molecule has 4 rings (SSSR count). The maximum absolute atomic E-state index is 14.0. The van der Waals surface area contributed by atoms with Gasteiger partial charge in [-0.3, -0.25) is 4.79 Å². The molecule has 0 radical (unpaired) electrons. The second kappa shape index (κ2) is 8.82. The maximum Gasteiger partial charge on any atom is 0.236 e. The Morgan fingerprint density at radius 3 is 2.16 bits per heavy atom. The van der Waals surface area contributed by atoms with Crippen molar-refractivity contribution in [3.8, 4) is 5.75 Å². The zero-order chi connectivity index (χ0) is 23.0. The summed E-state index contributed by atoms with van der Waals surface area (Å²) in [6.07, 6.45) is 0. The zero-order valence-electron chi connectivity index (χ0n) is 20.0. The number of carbonyl (C=O) groups is 1. The predicted molar refractivity (Wildman–Crippen MR) is 132 cm³/mol. The third-order valence-corrected chi connectivity index (χ3v) is 6.57. The van der Waals surface area contributed by atoms with E-state index in [4.69, 9.17) is 4.74 Å². The molecule has 3 nitrogen and oxygen atoms in total. The lowest BCUT2D eigenvalue weighted by Crippen LogP contribution is -2.24. The highest BCUT2D eigenvalue weighted by Crippen LogP contribution is 2.41. The van der Waals surface area contributed by atoms with Crippen LogP contribution in [0.5, 0.6) is 5.75 Å². The molecule has 0 saturated heterocycles. The minimum atomic E-state index is -0.428. The van der Waals surface area contributed by atoms with Crippen LogP contribution in [-0.2, 0) is 11.4 Å². The summed E-state index contributed by atoms with van der Waals surface area (Å²) in [5.74, 6) is 0.980. The van der Waals surface area contributed by atoms with Crippen molar-refractivity contribution in [1.82, 2.24) is 0 Å². The molecule has 1 N–H and O–H groups in total. The monoisotopic (exact) mass is 427 g/mol. The quantitative estimate of drug-likeness (QED) is 0.477. The molecule has 1 atom stereocenters. The summed E-state index contributed by atoms with van der Waals surface area (Å²) in [7, 11) is 0. The van der Waals surface area contributed by atoms with E-state index in [0.29, 0.717) is 18.4 Å². The minimum absolute atomic E-state index is 0.0116. The number of hydrogen-bond acceptors (Lipinski definition) is 2. The number of benzene rings is 3. The Morgan fingerprint density at radius 2 is 1.50 bits per heavy atom. The Morgan fingerprint density at radius 1 is 0.875 bits per heavy atom. The highest BCUT2D eigenvalue weighted by atomic mass is 16.5. The van der Waals surface area contributed by atoms with Crippen molar-refractivity contribution in [2.75, 3.05) is 5.32 Å². The second-order valence-electron chi connectivity index (χ2n) is 9.50. The molecule has 1 aliphatic heterocycles. The fourth-order valence-corrected chi connectivity index (χ4v) is 4.61. The Kier molecular flexibility index (Phi) is 6.10. The zero-order valence-corrected chi connectivity index (χ0v) is 20.0. The highest BCUT2D eigenvalue weighted by molar-refractivity contribution is 6.00. The number of nitrogens with one attached hydrogen (secondary N) is 1. The summed E-state index contributed by atoms with van der Waals surface area (Å²) in [6, 6.07) is 18.7. The van der Waals surface area contributed by atoms with Gasteiger partial charge in [0.15, 0.2) is 0 Å². The lowest BCUT2D eigenvalue weighted by molar-refractivity contribution is -0.116. The number of para-hydroxylation sites is 1. The predicted octanol–water partition coefficient (Wildman–Crippen LogP) is 7.21. The van der Waals surface area contributed by atoms with E-state index in [-0.39, 0.29) is 5.91 Å². The van der Waals surface area contributed by atoms with Gasteiger partial charge in [0.2, 0.25) is 5.91 Å². The number of fused-ring (bicyclic) bond motifs is 2. The number of amides is 1. The van der Waals surface area contributed by atoms with Crippen LogP contribution in [0.3, 0.4) is 0 Å². The molecule has 32 heavy (non-hydrogen) atoms. The molecule has 1 aliphatic rings. The molecule has 1 heterocycles. The molecule has 3 heteroatoms. The molecule has 0 saturated carbocycles. The molecule has 3 aromatic rings. The molecule has 166 valence electrons. The molecule has 1 unspecified atom stereocenters. The molecule has 1 amide bonds. The van der Waals surface area contributed by atoms with E-state index in [1.54, 1.807) is 0 Å². The van der Waals surface area contributed by atoms with Crippen molar-refractivity contribution in [3.63, 3.8) is 0 Å². The van der Waals surface area contributed by atoms with Crippen LogP contribution in [0.2, 0.25) is 0 Å². The third kappa shape index (κ3) is 4.04. The van der Waals surface area contributed by atoms with Crippen molar-refractivity contribution < 1.29 is 9.53 Å². The first-order valence-electron chi connectivity index (χ1n) is 11.5. The molecule has 0 spiro atoms. The molecule has 0 aromatic heterocycles. The third-order valence-electron chi connectivity index (χ3n) is 6.57. The molecule has 0 aliphatic carbocycles. The van der Waals surface area contributed by atoms with Crippen molar-refractivity contribution in [1.29, 1.82) is 0 Å². The van der Waals surface area contributed by atoms with Gasteiger partial charge in [-0.2, -0.15) is 0 Å². The van der Waals surface area contributed by atoms with E-state index in [9.17, 15) is 4.79 Å². The summed E-state index contributed by atoms with van der Waals surface area (Å²) < 4.78 is 6.19. The summed E-state index contributed by atoms with van der Waals surface area (Å²) in [5.41, 5.74) is 8.63. The SMILES string of the molecule is Cc1cc2c(cc1C)C(C(=O)Nc1c(C(C)C)cccc1C(C)C)c1ccccc1CO2. The summed E-state index contributed by atoms with van der Waals surface area (Å²) in [4.78, 5) is 14.0. The first-order chi connectivity index (χ1) is 15.3. The topological polar surface area (TPSA) is 38.3 Å². The fraction of sp³-hybridized carbons (Fsp3) is 0.345. The Bertz CT molecular complexity index is 1130. The number of rotatable bonds is 4. The first-order valence-corrected chi connectivity index (χ1v) is 11.5. The van der Waals surface area contributed by atoms with E-state index in [2.05, 4.69) is 89.3 Å². The maximum atomic E-state index is 14.0. The first kappa shape index (κ1) is 22.1. The molecule has 3 aromatic carbocycles. The summed E-state index contributed by atoms with van der Waals surface area (Å²) >= 11 is 0. The second-order valence-corrected chi connectivity index (χ2v) is 9.50. The minimum Gasteiger partial charge on any atom is -0.489 e. The van der Waals surface area contributed by atoms with Crippen LogP contribution in [0.25, 0.3) is 0 Å². The van der Waals surface area contributed by atoms with Gasteiger partial charge in [-0.25, -0.2) is 0 Å². The van der Waals surface area contributed by atoms with Crippen molar-refractivity contribution >= 4 is 11.6 Å². The van der Waals surface area contributed by atoms with Gasteiger partial charge in [0.1, 0.15) is 12.4 Å². The molecule has 0 fully saturated rings. The van der Waals surface area contributed by atoms with Gasteiger partial charge < -0.3 is 10.1 Å². The Balaban J connectivity index is 1.86. The van der Waals surface area contributed by atoms with Gasteiger partial charge in [-0.1, -0.05) is 76.2 Å². The number of anilines is 1. The Labute approximate surface area is 191 Å². The van der Waals surface area contributed by atoms with E-state index in [1.165, 1.54) is 16.7 Å². The lowest BCUT2D eigenvalue weighted by atomic mass is 9.85. The van der Waals surface area contributed by atoms with Gasteiger partial charge >= 0.3 is 0 Å². The van der Waals surface area contributed by atoms with Crippen LogP contribution < -0.4 is 10.1 Å².